The van der Waals surface area contributed by atoms with Crippen LogP contribution in [0, 0.1) is 0 Å². The van der Waals surface area contributed by atoms with E-state index in [0.717, 1.165) is 36.1 Å². The monoisotopic (exact) mass is 248 g/mol. The van der Waals surface area contributed by atoms with Crippen LogP contribution in [-0.2, 0) is 6.54 Å². The van der Waals surface area contributed by atoms with Gasteiger partial charge < -0.3 is 10.2 Å². The van der Waals surface area contributed by atoms with Crippen LogP contribution in [0.3, 0.4) is 0 Å². The SMILES string of the molecule is O=C(NCc1cccc2nsnc12)N1CCC1. The predicted molar refractivity (Wildman–Crippen MR) is 65.8 cm³/mol. The number of carbonyl (C=O) groups is 1. The molecule has 2 heterocycles. The van der Waals surface area contributed by atoms with E-state index in [9.17, 15) is 4.79 Å². The first-order valence-corrected chi connectivity index (χ1v) is 6.30. The molecule has 0 saturated carbocycles. The zero-order chi connectivity index (χ0) is 11.7. The number of hydrogen-bond acceptors (Lipinski definition) is 4. The molecule has 0 spiro atoms. The van der Waals surface area contributed by atoms with Crippen molar-refractivity contribution in [1.82, 2.24) is 19.0 Å². The van der Waals surface area contributed by atoms with Gasteiger partial charge in [0.2, 0.25) is 0 Å². The van der Waals surface area contributed by atoms with Crippen LogP contribution in [-0.4, -0.2) is 32.8 Å². The van der Waals surface area contributed by atoms with E-state index in [1.165, 1.54) is 11.7 Å². The van der Waals surface area contributed by atoms with Crippen molar-refractivity contribution in [2.75, 3.05) is 13.1 Å². The summed E-state index contributed by atoms with van der Waals surface area (Å²) in [5.41, 5.74) is 2.80. The molecule has 1 aromatic carbocycles. The van der Waals surface area contributed by atoms with Gasteiger partial charge in [0.25, 0.3) is 0 Å². The summed E-state index contributed by atoms with van der Waals surface area (Å²) in [5.74, 6) is 0. The Kier molecular flexibility index (Phi) is 2.64. The molecule has 3 rings (SSSR count). The minimum absolute atomic E-state index is 0.0106. The molecule has 1 aromatic heterocycles. The van der Waals surface area contributed by atoms with Crippen molar-refractivity contribution < 1.29 is 4.79 Å². The van der Waals surface area contributed by atoms with Crippen molar-refractivity contribution >= 4 is 28.8 Å². The van der Waals surface area contributed by atoms with Crippen molar-refractivity contribution in [1.29, 1.82) is 0 Å². The molecule has 5 nitrogen and oxygen atoms in total. The number of rotatable bonds is 2. The first-order valence-electron chi connectivity index (χ1n) is 5.57. The van der Waals surface area contributed by atoms with Gasteiger partial charge >= 0.3 is 6.03 Å². The highest BCUT2D eigenvalue weighted by atomic mass is 32.1. The minimum atomic E-state index is 0.0106. The lowest BCUT2D eigenvalue weighted by Crippen LogP contribution is -2.47. The molecule has 0 atom stereocenters. The van der Waals surface area contributed by atoms with Crippen LogP contribution in [0.4, 0.5) is 4.79 Å². The van der Waals surface area contributed by atoms with Gasteiger partial charge in [-0.3, -0.25) is 0 Å². The Labute approximate surface area is 103 Å². The molecule has 0 aliphatic carbocycles. The van der Waals surface area contributed by atoms with E-state index in [-0.39, 0.29) is 6.03 Å². The highest BCUT2D eigenvalue weighted by molar-refractivity contribution is 7.00. The number of carbonyl (C=O) groups excluding carboxylic acids is 1. The number of fused-ring (bicyclic) bond motifs is 1. The van der Waals surface area contributed by atoms with Crippen LogP contribution in [0.1, 0.15) is 12.0 Å². The second-order valence-electron chi connectivity index (χ2n) is 4.05. The molecule has 1 fully saturated rings. The highest BCUT2D eigenvalue weighted by Gasteiger charge is 2.19. The molecule has 17 heavy (non-hydrogen) atoms. The normalized spacial score (nSPS) is 14.7. The molecule has 6 heteroatoms. The third-order valence-corrected chi connectivity index (χ3v) is 3.49. The summed E-state index contributed by atoms with van der Waals surface area (Å²) in [6.45, 7) is 2.25. The van der Waals surface area contributed by atoms with Crippen molar-refractivity contribution in [3.05, 3.63) is 23.8 Å². The molecule has 2 aromatic rings. The van der Waals surface area contributed by atoms with Gasteiger partial charge in [0.05, 0.1) is 11.7 Å². The minimum Gasteiger partial charge on any atom is -0.334 e. The molecule has 1 aliphatic heterocycles. The van der Waals surface area contributed by atoms with Crippen molar-refractivity contribution in [3.8, 4) is 0 Å². The van der Waals surface area contributed by atoms with E-state index in [2.05, 4.69) is 14.1 Å². The summed E-state index contributed by atoms with van der Waals surface area (Å²) in [6.07, 6.45) is 1.11. The number of benzene rings is 1. The molecular formula is C11H12N4OS. The van der Waals surface area contributed by atoms with Gasteiger partial charge in [-0.2, -0.15) is 8.75 Å². The second kappa shape index (κ2) is 4.29. The van der Waals surface area contributed by atoms with Crippen molar-refractivity contribution in [3.63, 3.8) is 0 Å². The quantitative estimate of drug-likeness (QED) is 0.878. The molecule has 1 saturated heterocycles. The first kappa shape index (κ1) is 10.5. The summed E-state index contributed by atoms with van der Waals surface area (Å²) < 4.78 is 8.42. The fraction of sp³-hybridized carbons (Fsp3) is 0.364. The van der Waals surface area contributed by atoms with Crippen molar-refractivity contribution in [2.24, 2.45) is 0 Å². The Bertz CT molecular complexity index is 549. The maximum atomic E-state index is 11.7. The fourth-order valence-corrected chi connectivity index (χ4v) is 2.38. The largest absolute Gasteiger partial charge is 0.334 e. The molecular weight excluding hydrogens is 236 g/mol. The van der Waals surface area contributed by atoms with E-state index in [1.54, 1.807) is 4.90 Å². The van der Waals surface area contributed by atoms with Gasteiger partial charge in [-0.25, -0.2) is 4.79 Å². The van der Waals surface area contributed by atoms with Crippen LogP contribution in [0.15, 0.2) is 18.2 Å². The summed E-state index contributed by atoms with van der Waals surface area (Å²) in [6, 6.07) is 5.85. The fourth-order valence-electron chi connectivity index (χ4n) is 1.81. The Balaban J connectivity index is 1.71. The van der Waals surface area contributed by atoms with Gasteiger partial charge in [-0.05, 0) is 12.5 Å². The number of likely N-dealkylation sites (tertiary alicyclic amines) is 1. The molecule has 0 bridgehead atoms. The highest BCUT2D eigenvalue weighted by Crippen LogP contribution is 2.16. The lowest BCUT2D eigenvalue weighted by atomic mass is 10.2. The van der Waals surface area contributed by atoms with Crippen LogP contribution >= 0.6 is 11.7 Å². The maximum absolute atomic E-state index is 11.7. The molecule has 1 N–H and O–H groups in total. The molecule has 0 unspecified atom stereocenters. The van der Waals surface area contributed by atoms with Gasteiger partial charge in [0.15, 0.2) is 0 Å². The average Bonchev–Trinajstić information content (AvgIpc) is 2.72. The molecule has 0 radical (unpaired) electrons. The number of urea groups is 1. The van der Waals surface area contributed by atoms with E-state index in [0.29, 0.717) is 6.54 Å². The van der Waals surface area contributed by atoms with Gasteiger partial charge in [-0.15, -0.1) is 0 Å². The van der Waals surface area contributed by atoms with Crippen LogP contribution in [0.2, 0.25) is 0 Å². The van der Waals surface area contributed by atoms with Crippen LogP contribution in [0.25, 0.3) is 11.0 Å². The van der Waals surface area contributed by atoms with E-state index >= 15 is 0 Å². The standard InChI is InChI=1S/C11H12N4OS/c16-11(15-5-2-6-15)12-7-8-3-1-4-9-10(8)14-17-13-9/h1,3-4H,2,5-7H2,(H,12,16). The number of amides is 2. The average molecular weight is 248 g/mol. The Morgan fingerprint density at radius 3 is 3.06 bits per heavy atom. The summed E-state index contributed by atoms with van der Waals surface area (Å²) >= 11 is 1.20. The Morgan fingerprint density at radius 2 is 2.29 bits per heavy atom. The van der Waals surface area contributed by atoms with Gasteiger partial charge in [0.1, 0.15) is 11.0 Å². The number of nitrogens with one attached hydrogen (secondary N) is 1. The van der Waals surface area contributed by atoms with Crippen LogP contribution < -0.4 is 5.32 Å². The topological polar surface area (TPSA) is 58.1 Å². The third kappa shape index (κ3) is 1.95. The van der Waals surface area contributed by atoms with E-state index < -0.39 is 0 Å². The number of nitrogens with zero attached hydrogens (tertiary/aromatic N) is 3. The lowest BCUT2D eigenvalue weighted by Gasteiger charge is -2.30. The summed E-state index contributed by atoms with van der Waals surface area (Å²) in [7, 11) is 0. The molecule has 1 aliphatic rings. The molecule has 88 valence electrons. The van der Waals surface area contributed by atoms with Gasteiger partial charge in [0, 0.05) is 25.2 Å². The second-order valence-corrected chi connectivity index (χ2v) is 4.58. The van der Waals surface area contributed by atoms with E-state index in [1.807, 2.05) is 18.2 Å². The smallest absolute Gasteiger partial charge is 0.317 e. The third-order valence-electron chi connectivity index (χ3n) is 2.94. The zero-order valence-electron chi connectivity index (χ0n) is 9.22. The van der Waals surface area contributed by atoms with E-state index in [4.69, 9.17) is 0 Å². The van der Waals surface area contributed by atoms with Crippen LogP contribution in [0.5, 0.6) is 0 Å². The zero-order valence-corrected chi connectivity index (χ0v) is 10.0. The first-order chi connectivity index (χ1) is 8.34. The van der Waals surface area contributed by atoms with Crippen molar-refractivity contribution in [2.45, 2.75) is 13.0 Å². The number of aromatic nitrogens is 2. The number of hydrogen-bond donors (Lipinski definition) is 1. The Morgan fingerprint density at radius 1 is 1.41 bits per heavy atom. The predicted octanol–water partition coefficient (Wildman–Crippen LogP) is 1.61. The molecule has 2 amide bonds. The summed E-state index contributed by atoms with van der Waals surface area (Å²) in [5, 5.41) is 2.91. The maximum Gasteiger partial charge on any atom is 0.317 e. The Hall–Kier alpha value is -1.69. The summed E-state index contributed by atoms with van der Waals surface area (Å²) in [4.78, 5) is 13.5. The lowest BCUT2D eigenvalue weighted by molar-refractivity contribution is 0.167. The van der Waals surface area contributed by atoms with Gasteiger partial charge in [-0.1, -0.05) is 12.1 Å².